The normalized spacial score (nSPS) is 10.8. The van der Waals surface area contributed by atoms with Crippen LogP contribution in [0.2, 0.25) is 0 Å². The Morgan fingerprint density at radius 3 is 2.46 bits per heavy atom. The molecule has 5 nitrogen and oxygen atoms in total. The molecule has 6 heteroatoms. The molecule has 0 N–H and O–H groups in total. The van der Waals surface area contributed by atoms with Crippen molar-refractivity contribution in [3.8, 4) is 17.6 Å². The molecule has 1 aromatic heterocycles. The van der Waals surface area contributed by atoms with Crippen molar-refractivity contribution in [2.24, 2.45) is 0 Å². The number of rotatable bonds is 6. The van der Waals surface area contributed by atoms with Crippen molar-refractivity contribution < 1.29 is 19.1 Å². The number of benzene rings is 2. The Labute approximate surface area is 166 Å². The molecule has 138 valence electrons. The number of nitrogens with zero attached hydrogens (tertiary/aromatic N) is 1. The third-order valence-electron chi connectivity index (χ3n) is 3.82. The van der Waals surface area contributed by atoms with Gasteiger partial charge in [-0.2, -0.15) is 5.26 Å². The van der Waals surface area contributed by atoms with Gasteiger partial charge < -0.3 is 9.47 Å². The van der Waals surface area contributed by atoms with Crippen LogP contribution in [0.5, 0.6) is 11.5 Å². The molecule has 2 aromatic carbocycles. The molecule has 0 amide bonds. The van der Waals surface area contributed by atoms with Gasteiger partial charge in [0.15, 0.2) is 11.5 Å². The highest BCUT2D eigenvalue weighted by Crippen LogP contribution is 2.30. The van der Waals surface area contributed by atoms with E-state index in [2.05, 4.69) is 0 Å². The van der Waals surface area contributed by atoms with Crippen LogP contribution in [-0.4, -0.2) is 18.9 Å². The zero-order chi connectivity index (χ0) is 19.9. The molecule has 1 heterocycles. The first kappa shape index (κ1) is 19.1. The molecular formula is C22H15NO4S. The van der Waals surface area contributed by atoms with E-state index in [4.69, 9.17) is 9.47 Å². The van der Waals surface area contributed by atoms with E-state index in [1.807, 2.05) is 6.07 Å². The molecule has 0 fully saturated rings. The Bertz CT molecular complexity index is 1060. The number of Topliss-reactive ketones (excluding diaryl/α,β-unsaturated/α-hetero) is 1. The lowest BCUT2D eigenvalue weighted by atomic mass is 10.0. The lowest BCUT2D eigenvalue weighted by Gasteiger charge is -2.09. The average Bonchev–Trinajstić information content (AvgIpc) is 3.28. The van der Waals surface area contributed by atoms with Crippen molar-refractivity contribution in [3.63, 3.8) is 0 Å². The maximum absolute atomic E-state index is 12.5. The van der Waals surface area contributed by atoms with Crippen molar-refractivity contribution in [2.75, 3.05) is 7.11 Å². The monoisotopic (exact) mass is 389 g/mol. The summed E-state index contributed by atoms with van der Waals surface area (Å²) in [6.45, 7) is 0. The van der Waals surface area contributed by atoms with Gasteiger partial charge in [-0.25, -0.2) is 4.79 Å². The largest absolute Gasteiger partial charge is 0.493 e. The predicted octanol–water partition coefficient (Wildman–Crippen LogP) is 4.77. The quantitative estimate of drug-likeness (QED) is 0.200. The highest BCUT2D eigenvalue weighted by atomic mass is 32.1. The molecule has 0 aliphatic heterocycles. The summed E-state index contributed by atoms with van der Waals surface area (Å²) in [6.07, 6.45) is 1.47. The van der Waals surface area contributed by atoms with E-state index in [-0.39, 0.29) is 17.1 Å². The number of hydrogen-bond acceptors (Lipinski definition) is 6. The van der Waals surface area contributed by atoms with Gasteiger partial charge in [-0.3, -0.25) is 4.79 Å². The van der Waals surface area contributed by atoms with E-state index in [1.54, 1.807) is 66.0 Å². The molecule has 3 rings (SSSR count). The van der Waals surface area contributed by atoms with Gasteiger partial charge >= 0.3 is 5.97 Å². The molecule has 0 atom stereocenters. The van der Waals surface area contributed by atoms with E-state index in [1.165, 1.54) is 24.5 Å². The second kappa shape index (κ2) is 8.80. The van der Waals surface area contributed by atoms with Crippen molar-refractivity contribution in [2.45, 2.75) is 0 Å². The summed E-state index contributed by atoms with van der Waals surface area (Å²) in [5.74, 6) is -0.266. The number of carbonyl (C=O) groups excluding carboxylic acids is 2. The molecule has 0 aliphatic rings. The minimum Gasteiger partial charge on any atom is -0.493 e. The van der Waals surface area contributed by atoms with Gasteiger partial charge in [-0.15, -0.1) is 11.3 Å². The van der Waals surface area contributed by atoms with E-state index in [0.717, 1.165) is 0 Å². The molecule has 0 unspecified atom stereocenters. The second-order valence-electron chi connectivity index (χ2n) is 5.64. The van der Waals surface area contributed by atoms with Crippen molar-refractivity contribution in [3.05, 3.63) is 87.6 Å². The summed E-state index contributed by atoms with van der Waals surface area (Å²) in [5.41, 5.74) is 1.01. The summed E-state index contributed by atoms with van der Waals surface area (Å²) < 4.78 is 10.7. The number of methoxy groups -OCH3 is 1. The fraction of sp³-hybridized carbons (Fsp3) is 0.0455. The van der Waals surface area contributed by atoms with Crippen molar-refractivity contribution in [1.82, 2.24) is 0 Å². The topological polar surface area (TPSA) is 76.4 Å². The Morgan fingerprint density at radius 2 is 1.82 bits per heavy atom. The van der Waals surface area contributed by atoms with Crippen molar-refractivity contribution in [1.29, 1.82) is 5.26 Å². The molecule has 0 spiro atoms. The fourth-order valence-electron chi connectivity index (χ4n) is 2.46. The third kappa shape index (κ3) is 4.34. The van der Waals surface area contributed by atoms with E-state index >= 15 is 0 Å². The molecule has 0 saturated carbocycles. The van der Waals surface area contributed by atoms with Crippen LogP contribution in [0.25, 0.3) is 6.08 Å². The van der Waals surface area contributed by atoms with Gasteiger partial charge in [0, 0.05) is 5.56 Å². The van der Waals surface area contributed by atoms with Gasteiger partial charge in [-0.05, 0) is 35.2 Å². The highest BCUT2D eigenvalue weighted by Gasteiger charge is 2.15. The zero-order valence-electron chi connectivity index (χ0n) is 14.9. The van der Waals surface area contributed by atoms with E-state index < -0.39 is 5.97 Å². The van der Waals surface area contributed by atoms with Crippen LogP contribution < -0.4 is 9.47 Å². The fourth-order valence-corrected chi connectivity index (χ4v) is 3.06. The lowest BCUT2D eigenvalue weighted by Crippen LogP contribution is -2.07. The molecular weight excluding hydrogens is 374 g/mol. The number of carbonyl (C=O) groups is 2. The van der Waals surface area contributed by atoms with Crippen LogP contribution in [-0.2, 0) is 0 Å². The average molecular weight is 389 g/mol. The number of esters is 1. The molecule has 0 radical (unpaired) electrons. The van der Waals surface area contributed by atoms with Crippen LogP contribution in [0.4, 0.5) is 0 Å². The predicted molar refractivity (Wildman–Crippen MR) is 107 cm³/mol. The Hall–Kier alpha value is -3.69. The van der Waals surface area contributed by atoms with Crippen LogP contribution in [0, 0.1) is 11.3 Å². The van der Waals surface area contributed by atoms with Crippen LogP contribution in [0.3, 0.4) is 0 Å². The van der Waals surface area contributed by atoms with Crippen LogP contribution >= 0.6 is 11.3 Å². The van der Waals surface area contributed by atoms with E-state index in [9.17, 15) is 14.9 Å². The minimum atomic E-state index is -0.478. The zero-order valence-corrected chi connectivity index (χ0v) is 15.7. The summed E-state index contributed by atoms with van der Waals surface area (Å²) in [6, 6.07) is 18.8. The SMILES string of the molecule is COc1cc(/C=C(\C#N)C(=O)c2ccccc2)ccc1OC(=O)c1cccs1. The minimum absolute atomic E-state index is 0.00316. The number of ketones is 1. The molecule has 0 saturated heterocycles. The number of allylic oxidation sites excluding steroid dienone is 1. The van der Waals surface area contributed by atoms with Gasteiger partial charge in [0.2, 0.25) is 5.78 Å². The summed E-state index contributed by atoms with van der Waals surface area (Å²) in [5, 5.41) is 11.2. The number of hydrogen-bond donors (Lipinski definition) is 0. The molecule has 3 aromatic rings. The first-order valence-corrected chi connectivity index (χ1v) is 9.15. The number of ether oxygens (including phenoxy) is 2. The Balaban J connectivity index is 1.86. The van der Waals surface area contributed by atoms with Crippen molar-refractivity contribution >= 4 is 29.2 Å². The first-order chi connectivity index (χ1) is 13.6. The first-order valence-electron chi connectivity index (χ1n) is 8.27. The number of thiophene rings is 1. The Morgan fingerprint density at radius 1 is 1.04 bits per heavy atom. The van der Waals surface area contributed by atoms with Crippen LogP contribution in [0.15, 0.2) is 71.6 Å². The van der Waals surface area contributed by atoms with Crippen LogP contribution in [0.1, 0.15) is 25.6 Å². The molecule has 28 heavy (non-hydrogen) atoms. The van der Waals surface area contributed by atoms with Gasteiger partial charge in [0.25, 0.3) is 0 Å². The molecule has 0 aliphatic carbocycles. The van der Waals surface area contributed by atoms with E-state index in [0.29, 0.717) is 21.8 Å². The molecule has 0 bridgehead atoms. The highest BCUT2D eigenvalue weighted by molar-refractivity contribution is 7.12. The van der Waals surface area contributed by atoms with Gasteiger partial charge in [0.1, 0.15) is 16.5 Å². The lowest BCUT2D eigenvalue weighted by molar-refractivity contribution is 0.0734. The Kier molecular flexibility index (Phi) is 6.00. The summed E-state index contributed by atoms with van der Waals surface area (Å²) >= 11 is 1.28. The summed E-state index contributed by atoms with van der Waals surface area (Å²) in [4.78, 5) is 25.1. The smallest absolute Gasteiger partial charge is 0.353 e. The maximum atomic E-state index is 12.5. The maximum Gasteiger partial charge on any atom is 0.353 e. The number of nitriles is 1. The van der Waals surface area contributed by atoms with Gasteiger partial charge in [-0.1, -0.05) is 42.5 Å². The third-order valence-corrected chi connectivity index (χ3v) is 4.67. The standard InChI is InChI=1S/C22H15NO4S/c1-26-19-13-15(9-10-18(19)27-22(25)20-8-5-11-28-20)12-17(14-23)21(24)16-6-3-2-4-7-16/h2-13H,1H3/b17-12+. The summed E-state index contributed by atoms with van der Waals surface area (Å²) in [7, 11) is 1.45. The van der Waals surface area contributed by atoms with Gasteiger partial charge in [0.05, 0.1) is 7.11 Å². The second-order valence-corrected chi connectivity index (χ2v) is 6.59.